The van der Waals surface area contributed by atoms with E-state index in [0.29, 0.717) is 16.4 Å². The summed E-state index contributed by atoms with van der Waals surface area (Å²) in [5.41, 5.74) is 1.51. The molecule has 20 heavy (non-hydrogen) atoms. The molecular formula is C15H18N2O2S. The van der Waals surface area contributed by atoms with Crippen LogP contribution in [0.2, 0.25) is 0 Å². The number of anilines is 1. The van der Waals surface area contributed by atoms with Crippen LogP contribution in [0, 0.1) is 0 Å². The van der Waals surface area contributed by atoms with Crippen molar-refractivity contribution in [1.29, 1.82) is 0 Å². The van der Waals surface area contributed by atoms with Crippen molar-refractivity contribution in [3.05, 3.63) is 40.9 Å². The molecule has 4 nitrogen and oxygen atoms in total. The second-order valence-electron chi connectivity index (χ2n) is 5.47. The van der Waals surface area contributed by atoms with Crippen molar-refractivity contribution >= 4 is 22.4 Å². The van der Waals surface area contributed by atoms with Crippen LogP contribution in [-0.2, 0) is 5.41 Å². The van der Waals surface area contributed by atoms with E-state index >= 15 is 0 Å². The zero-order chi connectivity index (χ0) is 14.8. The van der Waals surface area contributed by atoms with Crippen molar-refractivity contribution in [3.8, 4) is 5.75 Å². The lowest BCUT2D eigenvalue weighted by molar-refractivity contribution is 0.102. The third-order valence-electron chi connectivity index (χ3n) is 2.82. The van der Waals surface area contributed by atoms with Gasteiger partial charge in [-0.25, -0.2) is 4.98 Å². The highest BCUT2D eigenvalue weighted by Crippen LogP contribution is 2.26. The van der Waals surface area contributed by atoms with Crippen LogP contribution < -0.4 is 10.1 Å². The number of hydrogen-bond donors (Lipinski definition) is 1. The molecule has 1 N–H and O–H groups in total. The number of carbonyl (C=O) groups excluding carboxylic acids is 1. The van der Waals surface area contributed by atoms with E-state index in [0.717, 1.165) is 5.69 Å². The van der Waals surface area contributed by atoms with Crippen LogP contribution in [0.4, 0.5) is 5.13 Å². The maximum Gasteiger partial charge on any atom is 0.257 e. The standard InChI is InChI=1S/C15H18N2O2S/c1-15(2,3)12-9-20-14(16-12)17-13(18)10-6-5-7-11(8-10)19-4/h5-9H,1-4H3,(H,16,17,18). The third kappa shape index (κ3) is 3.36. The molecule has 1 aromatic heterocycles. The van der Waals surface area contributed by atoms with Crippen LogP contribution in [0.1, 0.15) is 36.8 Å². The van der Waals surface area contributed by atoms with Crippen LogP contribution in [-0.4, -0.2) is 18.0 Å². The van der Waals surface area contributed by atoms with E-state index in [4.69, 9.17) is 4.74 Å². The van der Waals surface area contributed by atoms with Gasteiger partial charge in [0.1, 0.15) is 5.75 Å². The molecule has 5 heteroatoms. The highest BCUT2D eigenvalue weighted by Gasteiger charge is 2.18. The molecule has 0 saturated heterocycles. The molecular weight excluding hydrogens is 272 g/mol. The summed E-state index contributed by atoms with van der Waals surface area (Å²) in [6.45, 7) is 6.28. The number of nitrogens with one attached hydrogen (secondary N) is 1. The molecule has 0 fully saturated rings. The van der Waals surface area contributed by atoms with Crippen molar-refractivity contribution in [2.24, 2.45) is 0 Å². The molecule has 0 aliphatic carbocycles. The van der Waals surface area contributed by atoms with Gasteiger partial charge in [0.25, 0.3) is 5.91 Å². The van der Waals surface area contributed by atoms with Gasteiger partial charge >= 0.3 is 0 Å². The van der Waals surface area contributed by atoms with Crippen LogP contribution in [0.25, 0.3) is 0 Å². The summed E-state index contributed by atoms with van der Waals surface area (Å²) >= 11 is 1.44. The van der Waals surface area contributed by atoms with E-state index in [9.17, 15) is 4.79 Å². The first-order valence-electron chi connectivity index (χ1n) is 6.31. The van der Waals surface area contributed by atoms with Crippen molar-refractivity contribution in [2.45, 2.75) is 26.2 Å². The highest BCUT2D eigenvalue weighted by molar-refractivity contribution is 7.14. The van der Waals surface area contributed by atoms with Gasteiger partial charge in [0.2, 0.25) is 0 Å². The molecule has 1 heterocycles. The molecule has 0 unspecified atom stereocenters. The average Bonchev–Trinajstić information content (AvgIpc) is 2.87. The topological polar surface area (TPSA) is 51.2 Å². The van der Waals surface area contributed by atoms with Crippen LogP contribution in [0.3, 0.4) is 0 Å². The molecule has 0 atom stereocenters. The fourth-order valence-electron chi connectivity index (χ4n) is 1.61. The lowest BCUT2D eigenvalue weighted by atomic mass is 9.93. The van der Waals surface area contributed by atoms with Gasteiger partial charge in [-0.15, -0.1) is 11.3 Å². The third-order valence-corrected chi connectivity index (χ3v) is 3.58. The Morgan fingerprint density at radius 2 is 2.10 bits per heavy atom. The van der Waals surface area contributed by atoms with Gasteiger partial charge in [-0.05, 0) is 18.2 Å². The number of hydrogen-bond acceptors (Lipinski definition) is 4. The number of rotatable bonds is 3. The Labute approximate surface area is 122 Å². The van der Waals surface area contributed by atoms with Gasteiger partial charge in [-0.2, -0.15) is 0 Å². The smallest absolute Gasteiger partial charge is 0.257 e. The van der Waals surface area contributed by atoms with Gasteiger partial charge in [0, 0.05) is 16.4 Å². The first kappa shape index (κ1) is 14.5. The fourth-order valence-corrected chi connectivity index (χ4v) is 2.54. The number of carbonyl (C=O) groups is 1. The van der Waals surface area contributed by atoms with Crippen molar-refractivity contribution in [1.82, 2.24) is 4.98 Å². The maximum absolute atomic E-state index is 12.1. The number of ether oxygens (including phenoxy) is 1. The van der Waals surface area contributed by atoms with E-state index in [1.165, 1.54) is 11.3 Å². The summed E-state index contributed by atoms with van der Waals surface area (Å²) in [4.78, 5) is 16.6. The van der Waals surface area contributed by atoms with E-state index in [2.05, 4.69) is 31.1 Å². The minimum Gasteiger partial charge on any atom is -0.497 e. The number of thiazole rings is 1. The Bertz CT molecular complexity index is 614. The fraction of sp³-hybridized carbons (Fsp3) is 0.333. The Morgan fingerprint density at radius 3 is 2.70 bits per heavy atom. The first-order valence-corrected chi connectivity index (χ1v) is 7.19. The van der Waals surface area contributed by atoms with E-state index in [1.54, 1.807) is 31.4 Å². The molecule has 106 valence electrons. The molecule has 1 amide bonds. The Balaban J connectivity index is 2.13. The summed E-state index contributed by atoms with van der Waals surface area (Å²) in [5, 5.41) is 5.40. The van der Waals surface area contributed by atoms with Gasteiger partial charge in [0.05, 0.1) is 12.8 Å². The van der Waals surface area contributed by atoms with Gasteiger partial charge in [0.15, 0.2) is 5.13 Å². The molecule has 2 aromatic rings. The number of nitrogens with zero attached hydrogens (tertiary/aromatic N) is 1. The van der Waals surface area contributed by atoms with E-state index in [-0.39, 0.29) is 11.3 Å². The largest absolute Gasteiger partial charge is 0.497 e. The Morgan fingerprint density at radius 1 is 1.35 bits per heavy atom. The van der Waals surface area contributed by atoms with Gasteiger partial charge < -0.3 is 4.74 Å². The van der Waals surface area contributed by atoms with Crippen molar-refractivity contribution < 1.29 is 9.53 Å². The SMILES string of the molecule is COc1cccc(C(=O)Nc2nc(C(C)(C)C)cs2)c1. The van der Waals surface area contributed by atoms with Gasteiger partial charge in [-0.1, -0.05) is 26.8 Å². The summed E-state index contributed by atoms with van der Waals surface area (Å²) < 4.78 is 5.11. The second kappa shape index (κ2) is 5.63. The monoisotopic (exact) mass is 290 g/mol. The summed E-state index contributed by atoms with van der Waals surface area (Å²) in [6.07, 6.45) is 0. The number of benzene rings is 1. The average molecular weight is 290 g/mol. The molecule has 0 aliphatic heterocycles. The molecule has 1 aromatic carbocycles. The summed E-state index contributed by atoms with van der Waals surface area (Å²) in [7, 11) is 1.58. The molecule has 2 rings (SSSR count). The quantitative estimate of drug-likeness (QED) is 0.937. The van der Waals surface area contributed by atoms with Crippen LogP contribution in [0.5, 0.6) is 5.75 Å². The van der Waals surface area contributed by atoms with Crippen LogP contribution in [0.15, 0.2) is 29.6 Å². The van der Waals surface area contributed by atoms with Gasteiger partial charge in [-0.3, -0.25) is 10.1 Å². The summed E-state index contributed by atoms with van der Waals surface area (Å²) in [5.74, 6) is 0.478. The van der Waals surface area contributed by atoms with E-state index < -0.39 is 0 Å². The predicted octanol–water partition coefficient (Wildman–Crippen LogP) is 3.70. The minimum absolute atomic E-state index is 0.0184. The molecule has 0 radical (unpaired) electrons. The zero-order valence-corrected chi connectivity index (χ0v) is 12.9. The lowest BCUT2D eigenvalue weighted by Gasteiger charge is -2.14. The number of methoxy groups -OCH3 is 1. The number of amides is 1. The minimum atomic E-state index is -0.182. The molecule has 0 spiro atoms. The Kier molecular flexibility index (Phi) is 4.09. The highest BCUT2D eigenvalue weighted by atomic mass is 32.1. The molecule has 0 saturated carbocycles. The second-order valence-corrected chi connectivity index (χ2v) is 6.33. The maximum atomic E-state index is 12.1. The Hall–Kier alpha value is -1.88. The van der Waals surface area contributed by atoms with Crippen molar-refractivity contribution in [3.63, 3.8) is 0 Å². The molecule has 0 aliphatic rings. The predicted molar refractivity (Wildman–Crippen MR) is 81.8 cm³/mol. The lowest BCUT2D eigenvalue weighted by Crippen LogP contribution is -2.14. The van der Waals surface area contributed by atoms with E-state index in [1.807, 2.05) is 5.38 Å². The summed E-state index contributed by atoms with van der Waals surface area (Å²) in [6, 6.07) is 7.04. The molecule has 0 bridgehead atoms. The van der Waals surface area contributed by atoms with Crippen LogP contribution >= 0.6 is 11.3 Å². The first-order chi connectivity index (χ1) is 9.40. The zero-order valence-electron chi connectivity index (χ0n) is 12.1. The van der Waals surface area contributed by atoms with Crippen molar-refractivity contribution in [2.75, 3.05) is 12.4 Å². The number of aromatic nitrogens is 1. The normalized spacial score (nSPS) is 11.2.